The Labute approximate surface area is 140 Å². The zero-order chi connectivity index (χ0) is 17.0. The maximum Gasteiger partial charge on any atom is 0.321 e. The zero-order valence-electron chi connectivity index (χ0n) is 13.8. The van der Waals surface area contributed by atoms with Gasteiger partial charge in [-0.05, 0) is 25.0 Å². The van der Waals surface area contributed by atoms with Gasteiger partial charge in [0, 0.05) is 13.6 Å². The molecule has 0 radical (unpaired) electrons. The number of carbonyl (C=O) groups is 2. The molecule has 1 aromatic heterocycles. The minimum Gasteiger partial charge on any atom is -0.341 e. The summed E-state index contributed by atoms with van der Waals surface area (Å²) in [6.45, 7) is 6.88. The van der Waals surface area contributed by atoms with E-state index in [1.165, 1.54) is 18.8 Å². The van der Waals surface area contributed by atoms with Gasteiger partial charge in [-0.1, -0.05) is 37.7 Å². The van der Waals surface area contributed by atoms with Crippen LogP contribution in [0.5, 0.6) is 0 Å². The molecule has 0 aliphatic rings. The number of carbonyl (C=O) groups excluding carboxylic acids is 2. The van der Waals surface area contributed by atoms with Crippen LogP contribution in [-0.4, -0.2) is 33.8 Å². The van der Waals surface area contributed by atoms with E-state index < -0.39 is 11.3 Å². The first-order chi connectivity index (χ1) is 10.9. The second-order valence-electron chi connectivity index (χ2n) is 5.72. The number of hydrogen-bond donors (Lipinski definition) is 2. The van der Waals surface area contributed by atoms with Crippen molar-refractivity contribution >= 4 is 34.7 Å². The molecule has 7 heteroatoms. The topological polar surface area (TPSA) is 76.0 Å². The molecule has 1 atom stereocenters. The van der Waals surface area contributed by atoms with Crippen molar-refractivity contribution < 1.29 is 9.59 Å². The molecule has 0 bridgehead atoms. The molecule has 0 spiro atoms. The second kappa shape index (κ2) is 7.50. The van der Waals surface area contributed by atoms with E-state index in [0.29, 0.717) is 5.92 Å². The summed E-state index contributed by atoms with van der Waals surface area (Å²) in [6, 6.07) is 7.43. The van der Waals surface area contributed by atoms with E-state index >= 15 is 0 Å². The molecule has 0 aliphatic heterocycles. The standard InChI is InChI=1S/C16H22N4O2S/c1-10(2)9-20-13-8-6-5-7-12(13)18-16(20)23-11(3)14(21)19-15(22)17-4/h5-8,10-11H,9H2,1-4H3,(H2,17,19,21,22)/t11-/m0/s1. The molecule has 6 nitrogen and oxygen atoms in total. The third-order valence-electron chi connectivity index (χ3n) is 3.28. The molecule has 2 rings (SSSR count). The maximum atomic E-state index is 12.0. The van der Waals surface area contributed by atoms with Crippen molar-refractivity contribution in [1.82, 2.24) is 20.2 Å². The lowest BCUT2D eigenvalue weighted by Gasteiger charge is -2.14. The molecule has 1 heterocycles. The summed E-state index contributed by atoms with van der Waals surface area (Å²) in [7, 11) is 1.47. The fraction of sp³-hybridized carbons (Fsp3) is 0.438. The molecule has 2 N–H and O–H groups in total. The number of nitrogens with one attached hydrogen (secondary N) is 2. The Balaban J connectivity index is 2.24. The highest BCUT2D eigenvalue weighted by Gasteiger charge is 2.21. The van der Waals surface area contributed by atoms with Gasteiger partial charge in [-0.2, -0.15) is 0 Å². The number of aromatic nitrogens is 2. The van der Waals surface area contributed by atoms with E-state index in [1.54, 1.807) is 6.92 Å². The Bertz CT molecular complexity index is 711. The van der Waals surface area contributed by atoms with Crippen LogP contribution in [-0.2, 0) is 11.3 Å². The highest BCUT2D eigenvalue weighted by Crippen LogP contribution is 2.28. The number of hydrogen-bond acceptors (Lipinski definition) is 4. The first kappa shape index (κ1) is 17.3. The quantitative estimate of drug-likeness (QED) is 0.824. The van der Waals surface area contributed by atoms with Crippen LogP contribution < -0.4 is 10.6 Å². The van der Waals surface area contributed by atoms with Gasteiger partial charge < -0.3 is 9.88 Å². The minimum atomic E-state index is -0.502. The molecule has 0 saturated carbocycles. The summed E-state index contributed by atoms with van der Waals surface area (Å²) in [4.78, 5) is 27.9. The summed E-state index contributed by atoms with van der Waals surface area (Å²) >= 11 is 1.36. The van der Waals surface area contributed by atoms with Crippen molar-refractivity contribution in [3.05, 3.63) is 24.3 Å². The molecule has 3 amide bonds. The van der Waals surface area contributed by atoms with Crippen LogP contribution in [0, 0.1) is 5.92 Å². The predicted molar refractivity (Wildman–Crippen MR) is 92.5 cm³/mol. The number of imide groups is 1. The van der Waals surface area contributed by atoms with Crippen molar-refractivity contribution in [2.45, 2.75) is 37.7 Å². The summed E-state index contributed by atoms with van der Waals surface area (Å²) in [6.07, 6.45) is 0. The number of para-hydroxylation sites is 2. The van der Waals surface area contributed by atoms with Crippen molar-refractivity contribution in [2.24, 2.45) is 5.92 Å². The van der Waals surface area contributed by atoms with Gasteiger partial charge in [0.05, 0.1) is 16.3 Å². The lowest BCUT2D eigenvalue weighted by atomic mass is 10.2. The number of nitrogens with zero attached hydrogens (tertiary/aromatic N) is 2. The van der Waals surface area contributed by atoms with Gasteiger partial charge in [0.25, 0.3) is 0 Å². The fourth-order valence-electron chi connectivity index (χ4n) is 2.17. The number of amides is 3. The number of benzene rings is 1. The van der Waals surface area contributed by atoms with E-state index in [1.807, 2.05) is 24.3 Å². The van der Waals surface area contributed by atoms with Crippen molar-refractivity contribution in [2.75, 3.05) is 7.05 Å². The Hall–Kier alpha value is -2.02. The van der Waals surface area contributed by atoms with Crippen LogP contribution in [0.15, 0.2) is 29.4 Å². The monoisotopic (exact) mass is 334 g/mol. The number of rotatable bonds is 5. The van der Waals surface area contributed by atoms with Crippen LogP contribution in [0.1, 0.15) is 20.8 Å². The van der Waals surface area contributed by atoms with Gasteiger partial charge >= 0.3 is 6.03 Å². The first-order valence-electron chi connectivity index (χ1n) is 7.57. The lowest BCUT2D eigenvalue weighted by molar-refractivity contribution is -0.119. The fourth-order valence-corrected chi connectivity index (χ4v) is 3.11. The number of thioether (sulfide) groups is 1. The van der Waals surface area contributed by atoms with Gasteiger partial charge in [0.1, 0.15) is 0 Å². The predicted octanol–water partition coefficient (Wildman–Crippen LogP) is 2.63. The summed E-state index contributed by atoms with van der Waals surface area (Å²) in [5.74, 6) is 0.125. The lowest BCUT2D eigenvalue weighted by Crippen LogP contribution is -2.41. The molecule has 0 fully saturated rings. The number of imidazole rings is 1. The van der Waals surface area contributed by atoms with E-state index in [9.17, 15) is 9.59 Å². The summed E-state index contributed by atoms with van der Waals surface area (Å²) in [5, 5.41) is 5.04. The van der Waals surface area contributed by atoms with Crippen molar-refractivity contribution in [3.63, 3.8) is 0 Å². The molecular formula is C16H22N4O2S. The summed E-state index contributed by atoms with van der Waals surface area (Å²) in [5.41, 5.74) is 1.97. The van der Waals surface area contributed by atoms with Gasteiger partial charge in [0.2, 0.25) is 5.91 Å². The Kier molecular flexibility index (Phi) is 5.65. The number of fused-ring (bicyclic) bond motifs is 1. The Morgan fingerprint density at radius 1 is 1.26 bits per heavy atom. The smallest absolute Gasteiger partial charge is 0.321 e. The molecule has 1 aromatic carbocycles. The molecule has 0 saturated heterocycles. The highest BCUT2D eigenvalue weighted by atomic mass is 32.2. The first-order valence-corrected chi connectivity index (χ1v) is 8.44. The van der Waals surface area contributed by atoms with Gasteiger partial charge in [-0.25, -0.2) is 9.78 Å². The third kappa shape index (κ3) is 4.25. The summed E-state index contributed by atoms with van der Waals surface area (Å²) < 4.78 is 2.13. The normalized spacial score (nSPS) is 12.4. The van der Waals surface area contributed by atoms with Gasteiger partial charge in [-0.3, -0.25) is 10.1 Å². The van der Waals surface area contributed by atoms with Crippen molar-refractivity contribution in [1.29, 1.82) is 0 Å². The van der Waals surface area contributed by atoms with E-state index in [0.717, 1.165) is 22.7 Å². The van der Waals surface area contributed by atoms with Crippen molar-refractivity contribution in [3.8, 4) is 0 Å². The molecule has 23 heavy (non-hydrogen) atoms. The zero-order valence-corrected chi connectivity index (χ0v) is 14.6. The molecular weight excluding hydrogens is 312 g/mol. The SMILES string of the molecule is CNC(=O)NC(=O)[C@H](C)Sc1nc2ccccc2n1CC(C)C. The van der Waals surface area contributed by atoms with E-state index in [-0.39, 0.29) is 5.91 Å². The second-order valence-corrected chi connectivity index (χ2v) is 7.02. The van der Waals surface area contributed by atoms with Crippen LogP contribution in [0.25, 0.3) is 11.0 Å². The van der Waals surface area contributed by atoms with Crippen LogP contribution in [0.3, 0.4) is 0 Å². The minimum absolute atomic E-state index is 0.336. The largest absolute Gasteiger partial charge is 0.341 e. The average molecular weight is 334 g/mol. The van der Waals surface area contributed by atoms with Crippen LogP contribution >= 0.6 is 11.8 Å². The Morgan fingerprint density at radius 3 is 2.61 bits per heavy atom. The van der Waals surface area contributed by atoms with E-state index in [2.05, 4.69) is 34.0 Å². The average Bonchev–Trinajstić information content (AvgIpc) is 2.84. The molecule has 0 unspecified atom stereocenters. The Morgan fingerprint density at radius 2 is 1.96 bits per heavy atom. The third-order valence-corrected chi connectivity index (χ3v) is 4.37. The van der Waals surface area contributed by atoms with Crippen LogP contribution in [0.2, 0.25) is 0 Å². The van der Waals surface area contributed by atoms with E-state index in [4.69, 9.17) is 0 Å². The molecule has 124 valence electrons. The van der Waals surface area contributed by atoms with Gasteiger partial charge in [-0.15, -0.1) is 0 Å². The molecule has 2 aromatic rings. The van der Waals surface area contributed by atoms with Crippen LogP contribution in [0.4, 0.5) is 4.79 Å². The van der Waals surface area contributed by atoms with Gasteiger partial charge in [0.15, 0.2) is 5.16 Å². The molecule has 0 aliphatic carbocycles. The highest BCUT2D eigenvalue weighted by molar-refractivity contribution is 8.00. The number of urea groups is 1. The maximum absolute atomic E-state index is 12.0.